The second-order valence-corrected chi connectivity index (χ2v) is 4.47. The summed E-state index contributed by atoms with van der Waals surface area (Å²) >= 11 is 0. The van der Waals surface area contributed by atoms with Gasteiger partial charge in [-0.25, -0.2) is 30.9 Å². The van der Waals surface area contributed by atoms with Gasteiger partial charge in [0.15, 0.2) is 0 Å². The van der Waals surface area contributed by atoms with Crippen molar-refractivity contribution in [1.82, 2.24) is 21.3 Å². The molecule has 0 saturated heterocycles. The first-order valence-electron chi connectivity index (χ1n) is 6.33. The molecule has 1 aliphatic heterocycles. The molecule has 0 aromatic heterocycles. The maximum absolute atomic E-state index is 11.7. The Morgan fingerprint density at radius 2 is 2.10 bits per heavy atom. The van der Waals surface area contributed by atoms with Gasteiger partial charge in [-0.3, -0.25) is 0 Å². The van der Waals surface area contributed by atoms with Crippen LogP contribution in [0.15, 0.2) is 40.5 Å². The molecule has 0 spiro atoms. The highest BCUT2D eigenvalue weighted by atomic mass is 16.2. The standard InChI is InChI=1S/C13H16N6O2/c1-9-8-19(13(21)17-14-9)18-12(20)16-15-10(2)11-6-4-3-5-7-11/h3-7H,8H2,1-2H3,(H,17,21)(H2,16,18,20)/b15-10+. The lowest BCUT2D eigenvalue weighted by molar-refractivity contribution is 0.173. The van der Waals surface area contributed by atoms with Crippen LogP contribution >= 0.6 is 0 Å². The Bertz CT molecular complexity index is 596. The number of benzene rings is 1. The fourth-order valence-corrected chi connectivity index (χ4v) is 1.66. The van der Waals surface area contributed by atoms with Crippen molar-refractivity contribution in [1.29, 1.82) is 0 Å². The first-order chi connectivity index (χ1) is 10.1. The summed E-state index contributed by atoms with van der Waals surface area (Å²) in [7, 11) is 0. The Morgan fingerprint density at radius 3 is 2.81 bits per heavy atom. The number of hydrogen-bond donors (Lipinski definition) is 3. The molecular weight excluding hydrogens is 272 g/mol. The van der Waals surface area contributed by atoms with E-state index in [-0.39, 0.29) is 6.54 Å². The number of carbonyl (C=O) groups excluding carboxylic acids is 2. The third-order valence-electron chi connectivity index (χ3n) is 2.73. The number of amides is 4. The highest BCUT2D eigenvalue weighted by molar-refractivity contribution is 5.99. The molecule has 0 fully saturated rings. The molecular formula is C13H16N6O2. The summed E-state index contributed by atoms with van der Waals surface area (Å²) in [5.74, 6) is 0. The third kappa shape index (κ3) is 4.03. The average Bonchev–Trinajstić information content (AvgIpc) is 2.49. The minimum Gasteiger partial charge on any atom is -0.245 e. The van der Waals surface area contributed by atoms with E-state index in [9.17, 15) is 9.59 Å². The minimum absolute atomic E-state index is 0.223. The second kappa shape index (κ2) is 6.51. The maximum atomic E-state index is 11.7. The summed E-state index contributed by atoms with van der Waals surface area (Å²) in [6, 6.07) is 8.33. The largest absolute Gasteiger partial charge is 0.356 e. The van der Waals surface area contributed by atoms with E-state index >= 15 is 0 Å². The Kier molecular flexibility index (Phi) is 4.50. The van der Waals surface area contributed by atoms with Gasteiger partial charge in [0.1, 0.15) is 0 Å². The summed E-state index contributed by atoms with van der Waals surface area (Å²) in [6.45, 7) is 3.74. The van der Waals surface area contributed by atoms with Crippen LogP contribution in [0.4, 0.5) is 9.59 Å². The van der Waals surface area contributed by atoms with Gasteiger partial charge in [-0.2, -0.15) is 10.2 Å². The van der Waals surface area contributed by atoms with Crippen molar-refractivity contribution in [2.45, 2.75) is 13.8 Å². The van der Waals surface area contributed by atoms with Gasteiger partial charge < -0.3 is 0 Å². The number of hydrazone groups is 2. The molecule has 0 bridgehead atoms. The predicted molar refractivity (Wildman–Crippen MR) is 78.7 cm³/mol. The summed E-state index contributed by atoms with van der Waals surface area (Å²) in [5.41, 5.74) is 9.24. The van der Waals surface area contributed by atoms with E-state index in [0.717, 1.165) is 10.6 Å². The molecule has 8 nitrogen and oxygen atoms in total. The van der Waals surface area contributed by atoms with Gasteiger partial charge in [-0.1, -0.05) is 30.3 Å². The lowest BCUT2D eigenvalue weighted by Crippen LogP contribution is -2.56. The van der Waals surface area contributed by atoms with Gasteiger partial charge in [0.2, 0.25) is 0 Å². The molecule has 3 N–H and O–H groups in total. The van der Waals surface area contributed by atoms with Crippen molar-refractivity contribution in [3.05, 3.63) is 35.9 Å². The van der Waals surface area contributed by atoms with Crippen LogP contribution in [-0.2, 0) is 0 Å². The topological polar surface area (TPSA) is 98.2 Å². The van der Waals surface area contributed by atoms with E-state index in [1.54, 1.807) is 13.8 Å². The molecule has 1 aromatic carbocycles. The van der Waals surface area contributed by atoms with Gasteiger partial charge in [0.05, 0.1) is 18.0 Å². The molecule has 1 aliphatic rings. The monoisotopic (exact) mass is 288 g/mol. The van der Waals surface area contributed by atoms with Gasteiger partial charge in [0.25, 0.3) is 0 Å². The molecule has 4 amide bonds. The predicted octanol–water partition coefficient (Wildman–Crippen LogP) is 1.03. The molecule has 1 aromatic rings. The normalized spacial score (nSPS) is 15.1. The van der Waals surface area contributed by atoms with Gasteiger partial charge in [0, 0.05) is 0 Å². The number of carbonyl (C=O) groups is 2. The van der Waals surface area contributed by atoms with Crippen LogP contribution in [-0.4, -0.2) is 35.0 Å². The quantitative estimate of drug-likeness (QED) is 0.571. The Labute approximate surface area is 121 Å². The van der Waals surface area contributed by atoms with Crippen LogP contribution in [0, 0.1) is 0 Å². The van der Waals surface area contributed by atoms with Crippen LogP contribution in [0.3, 0.4) is 0 Å². The number of nitrogens with one attached hydrogen (secondary N) is 3. The summed E-state index contributed by atoms with van der Waals surface area (Å²) in [6.07, 6.45) is 0. The summed E-state index contributed by atoms with van der Waals surface area (Å²) in [5, 5.41) is 8.84. The maximum Gasteiger partial charge on any atom is 0.356 e. The first kappa shape index (κ1) is 14.5. The van der Waals surface area contributed by atoms with Crippen LogP contribution < -0.4 is 16.3 Å². The first-order valence-corrected chi connectivity index (χ1v) is 6.33. The second-order valence-electron chi connectivity index (χ2n) is 4.47. The molecule has 8 heteroatoms. The molecule has 0 atom stereocenters. The summed E-state index contributed by atoms with van der Waals surface area (Å²) < 4.78 is 0. The van der Waals surface area contributed by atoms with Crippen molar-refractivity contribution in [2.24, 2.45) is 10.2 Å². The van der Waals surface area contributed by atoms with Crippen LogP contribution in [0.5, 0.6) is 0 Å². The molecule has 1 heterocycles. The van der Waals surface area contributed by atoms with E-state index in [1.165, 1.54) is 0 Å². The van der Waals surface area contributed by atoms with E-state index < -0.39 is 12.1 Å². The van der Waals surface area contributed by atoms with Crippen molar-refractivity contribution in [3.63, 3.8) is 0 Å². The zero-order chi connectivity index (χ0) is 15.2. The molecule has 21 heavy (non-hydrogen) atoms. The number of rotatable bonds is 3. The average molecular weight is 288 g/mol. The zero-order valence-electron chi connectivity index (χ0n) is 11.8. The molecule has 0 unspecified atom stereocenters. The number of hydrogen-bond acceptors (Lipinski definition) is 4. The molecule has 2 rings (SSSR count). The van der Waals surface area contributed by atoms with Crippen molar-refractivity contribution in [3.8, 4) is 0 Å². The number of nitrogens with zero attached hydrogens (tertiary/aromatic N) is 3. The Balaban J connectivity index is 1.90. The highest BCUT2D eigenvalue weighted by Crippen LogP contribution is 1.99. The Morgan fingerprint density at radius 1 is 1.38 bits per heavy atom. The number of urea groups is 2. The number of hydrazine groups is 1. The van der Waals surface area contributed by atoms with E-state index in [4.69, 9.17) is 0 Å². The van der Waals surface area contributed by atoms with Crippen LogP contribution in [0.1, 0.15) is 19.4 Å². The van der Waals surface area contributed by atoms with Crippen molar-refractivity contribution in [2.75, 3.05) is 6.54 Å². The fourth-order valence-electron chi connectivity index (χ4n) is 1.66. The SMILES string of the molecule is CC1=NNC(=O)N(NC(=O)N/N=C(\C)c2ccccc2)C1. The summed E-state index contributed by atoms with van der Waals surface area (Å²) in [4.78, 5) is 23.2. The van der Waals surface area contributed by atoms with E-state index in [1.807, 2.05) is 30.3 Å². The van der Waals surface area contributed by atoms with Gasteiger partial charge in [-0.15, -0.1) is 0 Å². The fraction of sp³-hybridized carbons (Fsp3) is 0.231. The molecule has 0 saturated carbocycles. The van der Waals surface area contributed by atoms with Gasteiger partial charge >= 0.3 is 12.1 Å². The van der Waals surface area contributed by atoms with Gasteiger partial charge in [-0.05, 0) is 19.4 Å². The lowest BCUT2D eigenvalue weighted by Gasteiger charge is -2.25. The van der Waals surface area contributed by atoms with Crippen LogP contribution in [0.25, 0.3) is 0 Å². The highest BCUT2D eigenvalue weighted by Gasteiger charge is 2.20. The van der Waals surface area contributed by atoms with Crippen molar-refractivity contribution < 1.29 is 9.59 Å². The van der Waals surface area contributed by atoms with E-state index in [2.05, 4.69) is 26.5 Å². The third-order valence-corrected chi connectivity index (χ3v) is 2.73. The molecule has 110 valence electrons. The molecule has 0 radical (unpaired) electrons. The van der Waals surface area contributed by atoms with Crippen molar-refractivity contribution >= 4 is 23.5 Å². The minimum atomic E-state index is -0.602. The Hall–Kier alpha value is -2.90. The smallest absolute Gasteiger partial charge is 0.245 e. The molecule has 0 aliphatic carbocycles. The van der Waals surface area contributed by atoms with E-state index in [0.29, 0.717) is 11.4 Å². The van der Waals surface area contributed by atoms with Crippen LogP contribution in [0.2, 0.25) is 0 Å². The lowest BCUT2D eigenvalue weighted by atomic mass is 10.1. The zero-order valence-corrected chi connectivity index (χ0v) is 11.8.